The fourth-order valence-corrected chi connectivity index (χ4v) is 3.42. The van der Waals surface area contributed by atoms with Crippen molar-refractivity contribution in [1.29, 1.82) is 0 Å². The molecule has 0 aromatic rings. The highest BCUT2D eigenvalue weighted by Gasteiger charge is 2.34. The molecule has 1 nitrogen and oxygen atoms in total. The molecule has 1 rings (SSSR count). The van der Waals surface area contributed by atoms with E-state index in [2.05, 4.69) is 20.8 Å². The van der Waals surface area contributed by atoms with Gasteiger partial charge in [-0.25, -0.2) is 0 Å². The number of hydrogen-bond acceptors (Lipinski definition) is 1. The van der Waals surface area contributed by atoms with Crippen LogP contribution in [0.2, 0.25) is 0 Å². The summed E-state index contributed by atoms with van der Waals surface area (Å²) >= 11 is 0. The van der Waals surface area contributed by atoms with E-state index < -0.39 is 0 Å². The molecular formula is C16H33N. The third-order valence-corrected chi connectivity index (χ3v) is 5.03. The number of nitrogens with two attached hydrogens (primary N) is 1. The molecule has 1 fully saturated rings. The second kappa shape index (κ2) is 7.41. The highest BCUT2D eigenvalue weighted by atomic mass is 14.6. The van der Waals surface area contributed by atoms with E-state index in [-0.39, 0.29) is 0 Å². The number of rotatable bonds is 7. The van der Waals surface area contributed by atoms with Gasteiger partial charge in [0.25, 0.3) is 0 Å². The van der Waals surface area contributed by atoms with Gasteiger partial charge in [0.15, 0.2) is 0 Å². The van der Waals surface area contributed by atoms with Crippen LogP contribution in [0.3, 0.4) is 0 Å². The molecule has 0 aliphatic heterocycles. The highest BCUT2D eigenvalue weighted by molar-refractivity contribution is 4.87. The molecule has 0 saturated heterocycles. The molecule has 0 spiro atoms. The van der Waals surface area contributed by atoms with E-state index in [1.165, 1.54) is 57.8 Å². The minimum Gasteiger partial charge on any atom is -0.330 e. The molecule has 17 heavy (non-hydrogen) atoms. The van der Waals surface area contributed by atoms with Crippen molar-refractivity contribution in [3.05, 3.63) is 0 Å². The molecule has 102 valence electrons. The van der Waals surface area contributed by atoms with Crippen molar-refractivity contribution in [1.82, 2.24) is 0 Å². The minimum absolute atomic E-state index is 0.501. The summed E-state index contributed by atoms with van der Waals surface area (Å²) in [6, 6.07) is 0. The van der Waals surface area contributed by atoms with E-state index >= 15 is 0 Å². The van der Waals surface area contributed by atoms with Gasteiger partial charge in [0.2, 0.25) is 0 Å². The lowest BCUT2D eigenvalue weighted by molar-refractivity contribution is 0.120. The van der Waals surface area contributed by atoms with Crippen LogP contribution in [0.4, 0.5) is 0 Å². The van der Waals surface area contributed by atoms with Crippen LogP contribution in [0.1, 0.15) is 78.6 Å². The number of unbranched alkanes of at least 4 members (excludes halogenated alkanes) is 1. The SMILES string of the molecule is CCCCC(CC)CC1(CN)CCC(C)CC1. The molecule has 0 aromatic heterocycles. The Hall–Kier alpha value is -0.0400. The molecule has 0 amide bonds. The zero-order valence-electron chi connectivity index (χ0n) is 12.3. The molecule has 1 saturated carbocycles. The van der Waals surface area contributed by atoms with E-state index in [1.54, 1.807) is 0 Å². The molecule has 2 N–H and O–H groups in total. The first kappa shape index (κ1) is 15.0. The Bertz CT molecular complexity index is 192. The quantitative estimate of drug-likeness (QED) is 0.682. The predicted molar refractivity (Wildman–Crippen MR) is 77.0 cm³/mol. The molecule has 1 aliphatic rings. The third-order valence-electron chi connectivity index (χ3n) is 5.03. The van der Waals surface area contributed by atoms with Crippen molar-refractivity contribution in [2.75, 3.05) is 6.54 Å². The summed E-state index contributed by atoms with van der Waals surface area (Å²) in [4.78, 5) is 0. The normalized spacial score (nSPS) is 31.4. The smallest absolute Gasteiger partial charge is 0.00204 e. The molecule has 1 atom stereocenters. The molecular weight excluding hydrogens is 206 g/mol. The van der Waals surface area contributed by atoms with Gasteiger partial charge in [-0.3, -0.25) is 0 Å². The summed E-state index contributed by atoms with van der Waals surface area (Å²) in [6.45, 7) is 7.97. The van der Waals surface area contributed by atoms with Crippen LogP contribution in [0, 0.1) is 17.3 Å². The third kappa shape index (κ3) is 4.62. The van der Waals surface area contributed by atoms with Gasteiger partial charge in [0, 0.05) is 0 Å². The van der Waals surface area contributed by atoms with Crippen molar-refractivity contribution in [2.24, 2.45) is 23.0 Å². The largest absolute Gasteiger partial charge is 0.330 e. The number of hydrogen-bond donors (Lipinski definition) is 1. The zero-order chi connectivity index (χ0) is 12.7. The molecule has 0 heterocycles. The molecule has 0 bridgehead atoms. The van der Waals surface area contributed by atoms with E-state index in [4.69, 9.17) is 5.73 Å². The van der Waals surface area contributed by atoms with Crippen LogP contribution < -0.4 is 5.73 Å². The van der Waals surface area contributed by atoms with Gasteiger partial charge >= 0.3 is 0 Å². The molecule has 0 aromatic carbocycles. The highest BCUT2D eigenvalue weighted by Crippen LogP contribution is 2.43. The van der Waals surface area contributed by atoms with Gasteiger partial charge in [0.1, 0.15) is 0 Å². The lowest BCUT2D eigenvalue weighted by Gasteiger charge is -2.41. The lowest BCUT2D eigenvalue weighted by atomic mass is 9.66. The van der Waals surface area contributed by atoms with Crippen molar-refractivity contribution in [3.8, 4) is 0 Å². The average Bonchev–Trinajstić information content (AvgIpc) is 2.37. The summed E-state index contributed by atoms with van der Waals surface area (Å²) in [5, 5.41) is 0. The molecule has 1 aliphatic carbocycles. The van der Waals surface area contributed by atoms with Crippen LogP contribution >= 0.6 is 0 Å². The fraction of sp³-hybridized carbons (Fsp3) is 1.00. The van der Waals surface area contributed by atoms with Gasteiger partial charge in [-0.1, -0.05) is 59.3 Å². The Morgan fingerprint density at radius 1 is 1.24 bits per heavy atom. The Morgan fingerprint density at radius 3 is 2.35 bits per heavy atom. The average molecular weight is 239 g/mol. The minimum atomic E-state index is 0.501. The summed E-state index contributed by atoms with van der Waals surface area (Å²) in [6.07, 6.45) is 12.5. The maximum absolute atomic E-state index is 6.12. The fourth-order valence-electron chi connectivity index (χ4n) is 3.42. The Morgan fingerprint density at radius 2 is 1.88 bits per heavy atom. The predicted octanol–water partition coefficient (Wildman–Crippen LogP) is 4.75. The van der Waals surface area contributed by atoms with E-state index in [1.807, 2.05) is 0 Å². The van der Waals surface area contributed by atoms with Gasteiger partial charge in [-0.15, -0.1) is 0 Å². The first-order valence-electron chi connectivity index (χ1n) is 7.86. The van der Waals surface area contributed by atoms with Crippen molar-refractivity contribution >= 4 is 0 Å². The second-order valence-corrected chi connectivity index (χ2v) is 6.51. The van der Waals surface area contributed by atoms with E-state index in [0.717, 1.165) is 18.4 Å². The molecule has 0 radical (unpaired) electrons. The second-order valence-electron chi connectivity index (χ2n) is 6.51. The van der Waals surface area contributed by atoms with Crippen LogP contribution in [-0.2, 0) is 0 Å². The monoisotopic (exact) mass is 239 g/mol. The maximum atomic E-state index is 6.12. The zero-order valence-corrected chi connectivity index (χ0v) is 12.3. The summed E-state index contributed by atoms with van der Waals surface area (Å²) in [5.41, 5.74) is 6.62. The van der Waals surface area contributed by atoms with Gasteiger partial charge in [0.05, 0.1) is 0 Å². The summed E-state index contributed by atoms with van der Waals surface area (Å²) in [7, 11) is 0. The van der Waals surface area contributed by atoms with Gasteiger partial charge in [-0.05, 0) is 43.1 Å². The van der Waals surface area contributed by atoms with Gasteiger partial charge < -0.3 is 5.73 Å². The first-order chi connectivity index (χ1) is 8.15. The molecule has 1 heteroatoms. The molecule has 1 unspecified atom stereocenters. The maximum Gasteiger partial charge on any atom is -0.00204 e. The summed E-state index contributed by atoms with van der Waals surface area (Å²) < 4.78 is 0. The van der Waals surface area contributed by atoms with Crippen LogP contribution in [0.5, 0.6) is 0 Å². The summed E-state index contributed by atoms with van der Waals surface area (Å²) in [5.74, 6) is 1.86. The lowest BCUT2D eigenvalue weighted by Crippen LogP contribution is -2.36. The Labute approximate surface area is 109 Å². The van der Waals surface area contributed by atoms with Crippen LogP contribution in [0.25, 0.3) is 0 Å². The van der Waals surface area contributed by atoms with Crippen LogP contribution in [0.15, 0.2) is 0 Å². The Kier molecular flexibility index (Phi) is 6.54. The van der Waals surface area contributed by atoms with Crippen molar-refractivity contribution in [3.63, 3.8) is 0 Å². The topological polar surface area (TPSA) is 26.0 Å². The van der Waals surface area contributed by atoms with E-state index in [9.17, 15) is 0 Å². The van der Waals surface area contributed by atoms with E-state index in [0.29, 0.717) is 5.41 Å². The van der Waals surface area contributed by atoms with Crippen LogP contribution in [-0.4, -0.2) is 6.54 Å². The van der Waals surface area contributed by atoms with Gasteiger partial charge in [-0.2, -0.15) is 0 Å². The van der Waals surface area contributed by atoms with Crippen molar-refractivity contribution in [2.45, 2.75) is 78.6 Å². The Balaban J connectivity index is 2.48. The first-order valence-corrected chi connectivity index (χ1v) is 7.86. The van der Waals surface area contributed by atoms with Crippen molar-refractivity contribution < 1.29 is 0 Å². The standard InChI is InChI=1S/C16H33N/c1-4-6-7-15(5-2)12-16(13-17)10-8-14(3)9-11-16/h14-15H,4-13,17H2,1-3H3.